The van der Waals surface area contributed by atoms with Crippen LogP contribution in [0.2, 0.25) is 0 Å². The van der Waals surface area contributed by atoms with E-state index in [9.17, 15) is 9.59 Å². The number of hydrogen-bond acceptors (Lipinski definition) is 7. The second-order valence-corrected chi connectivity index (χ2v) is 12.8. The van der Waals surface area contributed by atoms with Crippen molar-refractivity contribution in [3.63, 3.8) is 0 Å². The van der Waals surface area contributed by atoms with E-state index in [1.165, 1.54) is 16.6 Å². The summed E-state index contributed by atoms with van der Waals surface area (Å²) in [7, 11) is 0. The molecule has 1 aliphatic rings. The average molecular weight is 660 g/mol. The molecule has 0 radical (unpaired) electrons. The zero-order valence-electron chi connectivity index (χ0n) is 22.6. The van der Waals surface area contributed by atoms with Crippen molar-refractivity contribution >= 4 is 61.4 Å². The van der Waals surface area contributed by atoms with Gasteiger partial charge in [0.05, 0.1) is 23.0 Å². The van der Waals surface area contributed by atoms with Gasteiger partial charge in [0, 0.05) is 9.35 Å². The molecule has 0 saturated heterocycles. The van der Waals surface area contributed by atoms with Gasteiger partial charge < -0.3 is 4.74 Å². The minimum atomic E-state index is -0.296. The van der Waals surface area contributed by atoms with Crippen LogP contribution in [0.25, 0.3) is 15.9 Å². The molecule has 212 valence electrons. The molecule has 10 heteroatoms. The number of rotatable bonds is 9. The molecule has 2 aromatic heterocycles. The number of nitrogens with one attached hydrogen (secondary N) is 1. The van der Waals surface area contributed by atoms with E-state index in [0.29, 0.717) is 28.6 Å². The lowest BCUT2D eigenvalue weighted by atomic mass is 9.97. The number of ether oxygens (including phenoxy) is 1. The van der Waals surface area contributed by atoms with Gasteiger partial charge in [0.25, 0.3) is 11.5 Å². The number of benzene rings is 3. The van der Waals surface area contributed by atoms with Crippen LogP contribution in [0.3, 0.4) is 0 Å². The summed E-state index contributed by atoms with van der Waals surface area (Å²) in [5, 5.41) is 5.33. The highest BCUT2D eigenvalue weighted by atomic mass is 79.9. The largest absolute Gasteiger partial charge is 0.489 e. The summed E-state index contributed by atoms with van der Waals surface area (Å²) in [5.41, 5.74) is 6.23. The Balaban J connectivity index is 1.16. The Morgan fingerprint density at radius 2 is 1.88 bits per heavy atom. The number of hydrogen-bond donors (Lipinski definition) is 1. The van der Waals surface area contributed by atoms with Crippen molar-refractivity contribution in [3.8, 4) is 11.4 Å². The fraction of sp³-hybridized carbons (Fsp3) is 0.188. The van der Waals surface area contributed by atoms with Crippen molar-refractivity contribution in [1.29, 1.82) is 0 Å². The van der Waals surface area contributed by atoms with Crippen LogP contribution >= 0.6 is 39.0 Å². The molecule has 1 amide bonds. The molecule has 0 spiro atoms. The van der Waals surface area contributed by atoms with Crippen molar-refractivity contribution in [2.24, 2.45) is 5.10 Å². The molecule has 0 atom stereocenters. The summed E-state index contributed by atoms with van der Waals surface area (Å²) in [6.45, 7) is 0.467. The smallest absolute Gasteiger partial charge is 0.267 e. The number of carbonyl (C=O) groups is 1. The molecule has 0 unspecified atom stereocenters. The van der Waals surface area contributed by atoms with Gasteiger partial charge in [-0.25, -0.2) is 10.4 Å². The standard InChI is InChI=1S/C32H27BrN4O3S2/c33-23-13-15-24(16-14-23)37-31(39)29-26-11-4-5-12-27(26)42-30(29)35-32(37)41-20-28(38)36-34-18-22-9-6-10-25(17-22)40-19-21-7-2-1-3-8-21/h1-3,6-10,13-18H,4-5,11-12,19-20H2,(H,36,38). The van der Waals surface area contributed by atoms with Gasteiger partial charge in [-0.15, -0.1) is 11.3 Å². The lowest BCUT2D eigenvalue weighted by Crippen LogP contribution is -2.24. The minimum absolute atomic E-state index is 0.0527. The highest BCUT2D eigenvalue weighted by molar-refractivity contribution is 9.10. The van der Waals surface area contributed by atoms with E-state index in [-0.39, 0.29) is 17.2 Å². The zero-order chi connectivity index (χ0) is 28.9. The van der Waals surface area contributed by atoms with Crippen LogP contribution in [-0.4, -0.2) is 27.4 Å². The molecule has 1 aliphatic carbocycles. The number of thioether (sulfide) groups is 1. The van der Waals surface area contributed by atoms with Gasteiger partial charge in [0.1, 0.15) is 17.2 Å². The molecule has 0 fully saturated rings. The number of fused-ring (bicyclic) bond motifs is 3. The number of thiophene rings is 1. The molecule has 0 saturated carbocycles. The SMILES string of the molecule is O=C(CSc1nc2sc3c(c2c(=O)n1-c1ccc(Br)cc1)CCCC3)NN=Cc1cccc(OCc2ccccc2)c1. The number of aryl methyl sites for hydroxylation is 2. The third kappa shape index (κ3) is 6.51. The molecule has 7 nitrogen and oxygen atoms in total. The van der Waals surface area contributed by atoms with E-state index >= 15 is 0 Å². The average Bonchev–Trinajstić information content (AvgIpc) is 3.39. The van der Waals surface area contributed by atoms with Crippen LogP contribution in [0.5, 0.6) is 5.75 Å². The van der Waals surface area contributed by atoms with Gasteiger partial charge in [-0.05, 0) is 78.8 Å². The molecule has 2 heterocycles. The topological polar surface area (TPSA) is 85.6 Å². The van der Waals surface area contributed by atoms with Gasteiger partial charge in [-0.3, -0.25) is 14.2 Å². The Morgan fingerprint density at radius 3 is 2.71 bits per heavy atom. The molecule has 5 aromatic rings. The maximum atomic E-state index is 13.9. The number of halogens is 1. The van der Waals surface area contributed by atoms with E-state index in [4.69, 9.17) is 9.72 Å². The fourth-order valence-electron chi connectivity index (χ4n) is 4.87. The third-order valence-corrected chi connectivity index (χ3v) is 9.54. The summed E-state index contributed by atoms with van der Waals surface area (Å²) in [6.07, 6.45) is 5.68. The van der Waals surface area contributed by atoms with E-state index in [2.05, 4.69) is 26.5 Å². The fourth-order valence-corrected chi connectivity index (χ4v) is 7.24. The highest BCUT2D eigenvalue weighted by Crippen LogP contribution is 2.35. The van der Waals surface area contributed by atoms with Crippen LogP contribution in [0, 0.1) is 0 Å². The van der Waals surface area contributed by atoms with Crippen LogP contribution in [0.1, 0.15) is 34.4 Å². The van der Waals surface area contributed by atoms with Crippen LogP contribution in [0.15, 0.2) is 98.4 Å². The minimum Gasteiger partial charge on any atom is -0.489 e. The number of amides is 1. The second kappa shape index (κ2) is 13.1. The molecule has 0 bridgehead atoms. The summed E-state index contributed by atoms with van der Waals surface area (Å²) in [5.74, 6) is 0.471. The van der Waals surface area contributed by atoms with Crippen molar-refractivity contribution in [1.82, 2.24) is 15.0 Å². The maximum Gasteiger partial charge on any atom is 0.267 e. The predicted octanol–water partition coefficient (Wildman–Crippen LogP) is 6.91. The number of carbonyl (C=O) groups excluding carboxylic acids is 1. The first-order chi connectivity index (χ1) is 20.5. The first kappa shape index (κ1) is 28.4. The number of aromatic nitrogens is 2. The van der Waals surface area contributed by atoms with Crippen LogP contribution in [0.4, 0.5) is 0 Å². The first-order valence-electron chi connectivity index (χ1n) is 13.6. The Bertz CT molecular complexity index is 1820. The molecule has 6 rings (SSSR count). The Kier molecular flexibility index (Phi) is 8.83. The van der Waals surface area contributed by atoms with Gasteiger partial charge in [0.2, 0.25) is 0 Å². The van der Waals surface area contributed by atoms with Gasteiger partial charge >= 0.3 is 0 Å². The predicted molar refractivity (Wildman–Crippen MR) is 173 cm³/mol. The van der Waals surface area contributed by atoms with E-state index in [1.807, 2.05) is 78.9 Å². The molecule has 42 heavy (non-hydrogen) atoms. The maximum absolute atomic E-state index is 13.9. The monoisotopic (exact) mass is 658 g/mol. The van der Waals surface area contributed by atoms with Crippen molar-refractivity contribution in [2.75, 3.05) is 5.75 Å². The number of hydrazone groups is 1. The van der Waals surface area contributed by atoms with Gasteiger partial charge in [-0.1, -0.05) is 70.2 Å². The molecule has 0 aliphatic heterocycles. The van der Waals surface area contributed by atoms with Crippen LogP contribution in [-0.2, 0) is 24.2 Å². The van der Waals surface area contributed by atoms with E-state index in [0.717, 1.165) is 51.7 Å². The second-order valence-electron chi connectivity index (χ2n) is 9.83. The highest BCUT2D eigenvalue weighted by Gasteiger charge is 2.23. The van der Waals surface area contributed by atoms with E-state index in [1.54, 1.807) is 22.1 Å². The molecule has 1 N–H and O–H groups in total. The third-order valence-electron chi connectivity index (χ3n) is 6.88. The van der Waals surface area contributed by atoms with Gasteiger partial charge in [-0.2, -0.15) is 5.10 Å². The van der Waals surface area contributed by atoms with Crippen LogP contribution < -0.4 is 15.7 Å². The molecule has 3 aromatic carbocycles. The molecular formula is C32H27BrN4O3S2. The summed E-state index contributed by atoms with van der Waals surface area (Å²) < 4.78 is 8.42. The quantitative estimate of drug-likeness (QED) is 0.0805. The summed E-state index contributed by atoms with van der Waals surface area (Å²) >= 11 is 6.30. The Labute approximate surface area is 259 Å². The van der Waals surface area contributed by atoms with Gasteiger partial charge in [0.15, 0.2) is 5.16 Å². The van der Waals surface area contributed by atoms with E-state index < -0.39 is 0 Å². The Hall–Kier alpha value is -3.73. The van der Waals surface area contributed by atoms with Crippen molar-refractivity contribution in [3.05, 3.63) is 115 Å². The zero-order valence-corrected chi connectivity index (χ0v) is 25.8. The summed E-state index contributed by atoms with van der Waals surface area (Å²) in [4.78, 5) is 33.5. The Morgan fingerprint density at radius 1 is 1.07 bits per heavy atom. The van der Waals surface area contributed by atoms with Crippen molar-refractivity contribution < 1.29 is 9.53 Å². The number of nitrogens with zero attached hydrogens (tertiary/aromatic N) is 3. The lowest BCUT2D eigenvalue weighted by molar-refractivity contribution is -0.118. The first-order valence-corrected chi connectivity index (χ1v) is 16.2. The normalized spacial score (nSPS) is 12.9. The lowest BCUT2D eigenvalue weighted by Gasteiger charge is -2.13. The van der Waals surface area contributed by atoms with Crippen molar-refractivity contribution in [2.45, 2.75) is 37.4 Å². The summed E-state index contributed by atoms with van der Waals surface area (Å²) in [6, 6.07) is 25.0. The molecular weight excluding hydrogens is 632 g/mol.